The van der Waals surface area contributed by atoms with Gasteiger partial charge in [-0.15, -0.1) is 34.9 Å². The summed E-state index contributed by atoms with van der Waals surface area (Å²) in [5, 5.41) is 19.3. The normalized spacial score (nSPS) is 22.0. The molecule has 11 nitrogen and oxygen atoms in total. The molecule has 3 aliphatic heterocycles. The molecule has 4 heterocycles. The number of nitrogen functional groups attached to an aromatic ring is 1. The number of nitrogens with one attached hydrogen (secondary N) is 1. The molecule has 0 saturated carbocycles. The van der Waals surface area contributed by atoms with Crippen LogP contribution in [0.1, 0.15) is 5.69 Å². The number of nitrogens with two attached hydrogens (primary N) is 1. The summed E-state index contributed by atoms with van der Waals surface area (Å²) >= 11 is 5.01. The summed E-state index contributed by atoms with van der Waals surface area (Å²) in [4.78, 5) is 59.5. The Morgan fingerprint density at radius 3 is 2.76 bits per heavy atom. The van der Waals surface area contributed by atoms with E-state index in [-0.39, 0.29) is 56.9 Å². The van der Waals surface area contributed by atoms with Crippen molar-refractivity contribution >= 4 is 80.4 Å². The van der Waals surface area contributed by atoms with Gasteiger partial charge in [-0.05, 0) is 10.5 Å². The first-order valence-corrected chi connectivity index (χ1v) is 13.2. The number of aromatic nitrogens is 1. The van der Waals surface area contributed by atoms with E-state index in [0.29, 0.717) is 22.8 Å². The quantitative estimate of drug-likeness (QED) is 0.142. The van der Waals surface area contributed by atoms with Crippen LogP contribution in [0.3, 0.4) is 0 Å². The molecule has 2 atom stereocenters. The number of rotatable bonds is 8. The number of β-lactam (4-membered cyclic amide) rings is 1. The van der Waals surface area contributed by atoms with Crippen molar-refractivity contribution in [3.05, 3.63) is 33.3 Å². The number of carboxylic acid groups (broad SMARTS) is 1. The fourth-order valence-corrected chi connectivity index (χ4v) is 7.29. The van der Waals surface area contributed by atoms with Crippen LogP contribution < -0.4 is 45.7 Å². The summed E-state index contributed by atoms with van der Waals surface area (Å²) in [5.74, 6) is -1.51. The van der Waals surface area contributed by atoms with Crippen molar-refractivity contribution in [2.24, 2.45) is 5.16 Å². The summed E-state index contributed by atoms with van der Waals surface area (Å²) in [5.41, 5.74) is 6.01. The first kappa shape index (κ1) is 27.1. The summed E-state index contributed by atoms with van der Waals surface area (Å²) in [7, 11) is 1.27. The van der Waals surface area contributed by atoms with Gasteiger partial charge in [0.05, 0.1) is 11.7 Å². The van der Waals surface area contributed by atoms with Crippen molar-refractivity contribution < 1.29 is 58.7 Å². The zero-order chi connectivity index (χ0) is 23.7. The van der Waals surface area contributed by atoms with E-state index in [1.807, 2.05) is 0 Å². The first-order valence-electron chi connectivity index (χ1n) is 9.31. The number of nitrogens with zero attached hydrogens (tertiary/aromatic N) is 3. The van der Waals surface area contributed by atoms with Gasteiger partial charge in [-0.2, -0.15) is 0 Å². The third kappa shape index (κ3) is 5.50. The maximum atomic E-state index is 12.8. The Hall–Kier alpha value is -1.49. The molecule has 0 unspecified atom stereocenters. The molecule has 0 aromatic carbocycles. The Kier molecular flexibility index (Phi) is 9.16. The first-order chi connectivity index (χ1) is 15.8. The Bertz CT molecular complexity index is 1140. The molecule has 174 valence electrons. The number of carboxylic acids is 1. The van der Waals surface area contributed by atoms with E-state index in [1.54, 1.807) is 0 Å². The number of aliphatic carboxylic acids is 1. The second-order valence-corrected chi connectivity index (χ2v) is 10.9. The van der Waals surface area contributed by atoms with E-state index in [4.69, 9.17) is 10.6 Å². The number of carbonyl (C=O) groups is 4. The molecule has 0 aliphatic carbocycles. The Balaban J connectivity index is 0.00000324. The van der Waals surface area contributed by atoms with E-state index in [1.165, 1.54) is 53.9 Å². The molecule has 3 aliphatic rings. The van der Waals surface area contributed by atoms with E-state index < -0.39 is 29.2 Å². The minimum absolute atomic E-state index is 0. The summed E-state index contributed by atoms with van der Waals surface area (Å²) in [6, 6.07) is -0.948. The molecule has 3 N–H and O–H groups in total. The third-order valence-corrected chi connectivity index (χ3v) is 8.94. The number of hydrogen-bond acceptors (Lipinski definition) is 13. The van der Waals surface area contributed by atoms with Crippen LogP contribution in [-0.4, -0.2) is 74.3 Å². The fourth-order valence-electron chi connectivity index (χ4n) is 3.30. The van der Waals surface area contributed by atoms with Crippen LogP contribution in [0.15, 0.2) is 32.8 Å². The average Bonchev–Trinajstić information content (AvgIpc) is 3.40. The number of thioether (sulfide) groups is 3. The van der Waals surface area contributed by atoms with Crippen LogP contribution in [0.5, 0.6) is 0 Å². The molecule has 4 rings (SSSR count). The van der Waals surface area contributed by atoms with Crippen LogP contribution in [-0.2, 0) is 24.0 Å². The predicted octanol–water partition coefficient (Wildman–Crippen LogP) is -3.63. The average molecular weight is 550 g/mol. The van der Waals surface area contributed by atoms with Crippen LogP contribution in [0.2, 0.25) is 0 Å². The molecule has 1 aromatic rings. The molecule has 16 heteroatoms. The Morgan fingerprint density at radius 2 is 2.18 bits per heavy atom. The zero-order valence-electron chi connectivity index (χ0n) is 17.9. The Labute approximate surface area is 232 Å². The molecule has 1 aromatic heterocycles. The van der Waals surface area contributed by atoms with E-state index >= 15 is 0 Å². The molecule has 1 fully saturated rings. The number of hydrogen-bond donors (Lipinski definition) is 2. The summed E-state index contributed by atoms with van der Waals surface area (Å²) in [6.07, 6.45) is 1.53. The molecule has 0 bridgehead atoms. The van der Waals surface area contributed by atoms with Crippen molar-refractivity contribution in [3.8, 4) is 0 Å². The van der Waals surface area contributed by atoms with Gasteiger partial charge < -0.3 is 25.8 Å². The van der Waals surface area contributed by atoms with Gasteiger partial charge in [0.1, 0.15) is 24.2 Å². The van der Waals surface area contributed by atoms with Gasteiger partial charge in [0.2, 0.25) is 5.12 Å². The van der Waals surface area contributed by atoms with Gasteiger partial charge in [0, 0.05) is 28.7 Å². The second-order valence-electron chi connectivity index (χ2n) is 6.80. The molecule has 34 heavy (non-hydrogen) atoms. The predicted molar refractivity (Wildman–Crippen MR) is 125 cm³/mol. The van der Waals surface area contributed by atoms with Crippen LogP contribution in [0.25, 0.3) is 0 Å². The SMILES string of the molecule is CO/N=C(\C(=O)N[C@@H]1C(=O)N2C(C(=O)[O-])=C(CSC3=CC(=O)SC3)CS[C@H]12)c1csc(N)n1.[Na+]. The van der Waals surface area contributed by atoms with Gasteiger partial charge in [0.25, 0.3) is 11.8 Å². The van der Waals surface area contributed by atoms with Gasteiger partial charge >= 0.3 is 29.6 Å². The summed E-state index contributed by atoms with van der Waals surface area (Å²) in [6.45, 7) is 0. The molecule has 0 radical (unpaired) electrons. The second kappa shape index (κ2) is 11.5. The van der Waals surface area contributed by atoms with Crippen LogP contribution in [0, 0.1) is 0 Å². The smallest absolute Gasteiger partial charge is 0.543 e. The van der Waals surface area contributed by atoms with Gasteiger partial charge in [-0.1, -0.05) is 16.9 Å². The number of carbonyl (C=O) groups excluding carboxylic acids is 4. The monoisotopic (exact) mass is 549 g/mol. The largest absolute Gasteiger partial charge is 1.00 e. The standard InChI is InChI=1S/C18H17N5O6S4.Na/c1-29-22-11(9-6-33-18(19)20-9)14(25)21-12-15(26)23-13(17(27)28)7(4-32-16(12)23)3-30-8-2-10(24)31-5-8;/h2,6,12,16H,3-5H2,1H3,(H2,19,20)(H,21,25)(H,27,28);/q;+1/p-1/b22-11-;/t12-,16-;/m1./s1. The number of fused-ring (bicyclic) bond motifs is 1. The molecular weight excluding hydrogens is 533 g/mol. The number of thiazole rings is 1. The zero-order valence-corrected chi connectivity index (χ0v) is 23.2. The summed E-state index contributed by atoms with van der Waals surface area (Å²) < 4.78 is 0. The van der Waals surface area contributed by atoms with Crippen molar-refractivity contribution in [3.63, 3.8) is 0 Å². The van der Waals surface area contributed by atoms with E-state index in [9.17, 15) is 24.3 Å². The van der Waals surface area contributed by atoms with Crippen molar-refractivity contribution in [2.75, 3.05) is 30.1 Å². The molecule has 2 amide bonds. The van der Waals surface area contributed by atoms with Gasteiger partial charge in [-0.3, -0.25) is 19.3 Å². The number of oxime groups is 1. The van der Waals surface area contributed by atoms with E-state index in [0.717, 1.165) is 21.1 Å². The topological polar surface area (TPSA) is 167 Å². The van der Waals surface area contributed by atoms with Gasteiger partial charge in [-0.25, -0.2) is 4.98 Å². The molecule has 0 spiro atoms. The minimum atomic E-state index is -1.46. The van der Waals surface area contributed by atoms with Gasteiger partial charge in [0.15, 0.2) is 10.8 Å². The van der Waals surface area contributed by atoms with Crippen molar-refractivity contribution in [1.82, 2.24) is 15.2 Å². The number of anilines is 1. The van der Waals surface area contributed by atoms with Crippen molar-refractivity contribution in [2.45, 2.75) is 11.4 Å². The van der Waals surface area contributed by atoms with Crippen molar-refractivity contribution in [1.29, 1.82) is 0 Å². The maximum Gasteiger partial charge on any atom is 1.00 e. The van der Waals surface area contributed by atoms with Crippen LogP contribution >= 0.6 is 46.6 Å². The maximum absolute atomic E-state index is 12.8. The molecule has 1 saturated heterocycles. The number of amides is 2. The molecular formula is C18H16N5NaO6S4. The minimum Gasteiger partial charge on any atom is -0.543 e. The third-order valence-electron chi connectivity index (χ3n) is 4.76. The Morgan fingerprint density at radius 1 is 1.41 bits per heavy atom. The van der Waals surface area contributed by atoms with Crippen LogP contribution in [0.4, 0.5) is 5.13 Å². The van der Waals surface area contributed by atoms with E-state index in [2.05, 4.69) is 15.5 Å². The fraction of sp³-hybridized carbons (Fsp3) is 0.333.